The van der Waals surface area contributed by atoms with Gasteiger partial charge in [0.1, 0.15) is 5.75 Å². The minimum Gasteiger partial charge on any atom is -0.497 e. The number of nitrogens with one attached hydrogen (secondary N) is 1. The van der Waals surface area contributed by atoms with Crippen LogP contribution in [0, 0.1) is 13.8 Å². The third-order valence-electron chi connectivity index (χ3n) is 7.55. The molecule has 0 aliphatic carbocycles. The standard InChI is InChI=1S/C34H31N3O4S/c1-6-41-33(39)28-21(4)35-34-37(31(28)23-13-10-14-24(17-23)40-5)32(38)27(42-34)18-26-25-16-19(2)15-20(3)29(25)36-30(26)22-11-8-7-9-12-22/h7-18,31,36H,6H2,1-5H3/b27-18+/t31-/m1/s1. The van der Waals surface area contributed by atoms with Crippen molar-refractivity contribution < 1.29 is 14.3 Å². The number of fused-ring (bicyclic) bond motifs is 2. The summed E-state index contributed by atoms with van der Waals surface area (Å²) in [6.45, 7) is 7.93. The van der Waals surface area contributed by atoms with Gasteiger partial charge in [-0.15, -0.1) is 0 Å². The van der Waals surface area contributed by atoms with Crippen molar-refractivity contribution in [2.45, 2.75) is 33.7 Å². The molecule has 212 valence electrons. The fraction of sp³-hybridized carbons (Fsp3) is 0.206. The molecule has 0 spiro atoms. The van der Waals surface area contributed by atoms with Crippen molar-refractivity contribution >= 4 is 34.3 Å². The molecular weight excluding hydrogens is 546 g/mol. The largest absolute Gasteiger partial charge is 0.497 e. The minimum atomic E-state index is -0.710. The van der Waals surface area contributed by atoms with Crippen LogP contribution in [0.4, 0.5) is 0 Å². The van der Waals surface area contributed by atoms with Gasteiger partial charge in [-0.25, -0.2) is 9.79 Å². The van der Waals surface area contributed by atoms with Gasteiger partial charge in [0.15, 0.2) is 4.80 Å². The second kappa shape index (κ2) is 10.9. The number of aromatic amines is 1. The molecule has 1 atom stereocenters. The van der Waals surface area contributed by atoms with Crippen LogP contribution < -0.4 is 19.6 Å². The number of aromatic nitrogens is 2. The van der Waals surface area contributed by atoms with Crippen LogP contribution in [0.2, 0.25) is 0 Å². The molecule has 0 bridgehead atoms. The topological polar surface area (TPSA) is 85.7 Å². The molecular formula is C34H31N3O4S. The number of methoxy groups -OCH3 is 1. The first kappa shape index (κ1) is 27.5. The zero-order valence-electron chi connectivity index (χ0n) is 24.1. The van der Waals surface area contributed by atoms with Gasteiger partial charge in [0, 0.05) is 16.5 Å². The second-order valence-corrected chi connectivity index (χ2v) is 11.4. The SMILES string of the molecule is CCOC(=O)C1=C(C)N=c2s/c(=C/c3c(-c4ccccc4)[nH]c4c(C)cc(C)cc34)c(=O)n2[C@@H]1c1cccc(OC)c1. The number of H-pyrrole nitrogens is 1. The first-order valence-corrected chi connectivity index (χ1v) is 14.6. The van der Waals surface area contributed by atoms with Crippen molar-refractivity contribution in [3.8, 4) is 17.0 Å². The van der Waals surface area contributed by atoms with Crippen LogP contribution in [-0.4, -0.2) is 29.2 Å². The predicted octanol–water partition coefficient (Wildman–Crippen LogP) is 5.57. The van der Waals surface area contributed by atoms with E-state index < -0.39 is 12.0 Å². The summed E-state index contributed by atoms with van der Waals surface area (Å²) < 4.78 is 13.0. The van der Waals surface area contributed by atoms with E-state index in [1.807, 2.05) is 48.5 Å². The van der Waals surface area contributed by atoms with Crippen LogP contribution in [0.5, 0.6) is 5.75 Å². The summed E-state index contributed by atoms with van der Waals surface area (Å²) in [5.41, 5.74) is 7.60. The highest BCUT2D eigenvalue weighted by Crippen LogP contribution is 2.34. The van der Waals surface area contributed by atoms with E-state index in [2.05, 4.69) is 43.1 Å². The van der Waals surface area contributed by atoms with Crippen LogP contribution in [0.3, 0.4) is 0 Å². The fourth-order valence-electron chi connectivity index (χ4n) is 5.70. The Kier molecular flexibility index (Phi) is 7.16. The summed E-state index contributed by atoms with van der Waals surface area (Å²) >= 11 is 1.32. The van der Waals surface area contributed by atoms with Gasteiger partial charge in [-0.2, -0.15) is 0 Å². The van der Waals surface area contributed by atoms with Crippen molar-refractivity contribution in [3.63, 3.8) is 0 Å². The summed E-state index contributed by atoms with van der Waals surface area (Å²) in [5.74, 6) is 0.138. The van der Waals surface area contributed by atoms with E-state index in [0.717, 1.165) is 44.4 Å². The molecule has 8 heteroatoms. The highest BCUT2D eigenvalue weighted by atomic mass is 32.1. The van der Waals surface area contributed by atoms with Crippen molar-refractivity contribution in [2.75, 3.05) is 13.7 Å². The van der Waals surface area contributed by atoms with Crippen LogP contribution >= 0.6 is 11.3 Å². The van der Waals surface area contributed by atoms with Gasteiger partial charge >= 0.3 is 5.97 Å². The van der Waals surface area contributed by atoms with E-state index in [-0.39, 0.29) is 12.2 Å². The lowest BCUT2D eigenvalue weighted by Gasteiger charge is -2.25. The lowest BCUT2D eigenvalue weighted by molar-refractivity contribution is -0.139. The molecule has 7 nitrogen and oxygen atoms in total. The number of aryl methyl sites for hydroxylation is 2. The number of ether oxygens (including phenoxy) is 2. The molecule has 0 fully saturated rings. The summed E-state index contributed by atoms with van der Waals surface area (Å²) in [6.07, 6.45) is 1.95. The maximum Gasteiger partial charge on any atom is 0.338 e. The number of hydrogen-bond donors (Lipinski definition) is 1. The average molecular weight is 578 g/mol. The Morgan fingerprint density at radius 2 is 1.86 bits per heavy atom. The maximum atomic E-state index is 14.3. The number of thiazole rings is 1. The monoisotopic (exact) mass is 577 g/mol. The lowest BCUT2D eigenvalue weighted by atomic mass is 9.95. The second-order valence-electron chi connectivity index (χ2n) is 10.4. The number of nitrogens with zero attached hydrogens (tertiary/aromatic N) is 2. The third-order valence-corrected chi connectivity index (χ3v) is 8.54. The molecule has 0 saturated carbocycles. The summed E-state index contributed by atoms with van der Waals surface area (Å²) in [6, 6.07) is 21.1. The van der Waals surface area contributed by atoms with Gasteiger partial charge in [-0.05, 0) is 68.7 Å². The first-order valence-electron chi connectivity index (χ1n) is 13.8. The number of esters is 1. The van der Waals surface area contributed by atoms with E-state index in [1.165, 1.54) is 11.3 Å². The summed E-state index contributed by atoms with van der Waals surface area (Å²) in [7, 11) is 1.59. The molecule has 0 radical (unpaired) electrons. The summed E-state index contributed by atoms with van der Waals surface area (Å²) in [5, 5.41) is 1.05. The minimum absolute atomic E-state index is 0.215. The van der Waals surface area contributed by atoms with E-state index in [0.29, 0.717) is 26.4 Å². The molecule has 2 aromatic heterocycles. The van der Waals surface area contributed by atoms with Crippen LogP contribution in [0.1, 0.15) is 42.1 Å². The maximum absolute atomic E-state index is 14.3. The normalized spacial score (nSPS) is 15.1. The fourth-order valence-corrected chi connectivity index (χ4v) is 6.73. The van der Waals surface area contributed by atoms with E-state index in [9.17, 15) is 9.59 Å². The van der Waals surface area contributed by atoms with Crippen molar-refractivity contribution in [1.82, 2.24) is 9.55 Å². The van der Waals surface area contributed by atoms with Gasteiger partial charge in [0.05, 0.1) is 41.3 Å². The Bertz CT molecular complexity index is 2070. The number of rotatable bonds is 6. The molecule has 6 rings (SSSR count). The molecule has 42 heavy (non-hydrogen) atoms. The highest BCUT2D eigenvalue weighted by Gasteiger charge is 2.33. The number of hydrogen-bond acceptors (Lipinski definition) is 6. The molecule has 1 aliphatic heterocycles. The van der Waals surface area contributed by atoms with Crippen LogP contribution in [0.25, 0.3) is 28.2 Å². The zero-order valence-corrected chi connectivity index (χ0v) is 25.0. The highest BCUT2D eigenvalue weighted by molar-refractivity contribution is 7.07. The average Bonchev–Trinajstić information content (AvgIpc) is 3.50. The Balaban J connectivity index is 1.63. The predicted molar refractivity (Wildman–Crippen MR) is 167 cm³/mol. The summed E-state index contributed by atoms with van der Waals surface area (Å²) in [4.78, 5) is 36.4. The molecule has 1 aliphatic rings. The smallest absolute Gasteiger partial charge is 0.338 e. The number of benzene rings is 3. The molecule has 0 amide bonds. The van der Waals surface area contributed by atoms with Crippen LogP contribution in [-0.2, 0) is 9.53 Å². The Labute approximate surface area is 247 Å². The van der Waals surface area contributed by atoms with Crippen molar-refractivity contribution in [2.24, 2.45) is 4.99 Å². The quantitative estimate of drug-likeness (QED) is 0.267. The van der Waals surface area contributed by atoms with Gasteiger partial charge in [-0.1, -0.05) is 65.4 Å². The lowest BCUT2D eigenvalue weighted by Crippen LogP contribution is -2.39. The first-order chi connectivity index (χ1) is 20.3. The molecule has 0 saturated heterocycles. The van der Waals surface area contributed by atoms with Gasteiger partial charge in [0.25, 0.3) is 5.56 Å². The van der Waals surface area contributed by atoms with E-state index in [4.69, 9.17) is 14.5 Å². The van der Waals surface area contributed by atoms with E-state index in [1.54, 1.807) is 25.5 Å². The third kappa shape index (κ3) is 4.67. The Morgan fingerprint density at radius 3 is 2.60 bits per heavy atom. The number of carbonyl (C=O) groups excluding carboxylic acids is 1. The van der Waals surface area contributed by atoms with Gasteiger partial charge in [0.2, 0.25) is 0 Å². The Morgan fingerprint density at radius 1 is 1.07 bits per heavy atom. The zero-order chi connectivity index (χ0) is 29.5. The molecule has 3 heterocycles. The van der Waals surface area contributed by atoms with Crippen LogP contribution in [0.15, 0.2) is 87.8 Å². The molecule has 0 unspecified atom stereocenters. The number of carbonyl (C=O) groups is 1. The Hall–Kier alpha value is -4.69. The van der Waals surface area contributed by atoms with E-state index >= 15 is 0 Å². The van der Waals surface area contributed by atoms with Gasteiger partial charge in [-0.3, -0.25) is 9.36 Å². The molecule has 3 aromatic carbocycles. The van der Waals surface area contributed by atoms with Crippen molar-refractivity contribution in [3.05, 3.63) is 120 Å². The van der Waals surface area contributed by atoms with Crippen molar-refractivity contribution in [1.29, 1.82) is 0 Å². The van der Waals surface area contributed by atoms with Gasteiger partial charge < -0.3 is 14.5 Å². The number of allylic oxidation sites excluding steroid dienone is 1. The molecule has 5 aromatic rings. The molecule has 1 N–H and O–H groups in total.